The van der Waals surface area contributed by atoms with Crippen LogP contribution in [0.15, 0.2) is 18.2 Å². The van der Waals surface area contributed by atoms with Crippen LogP contribution in [0.3, 0.4) is 0 Å². The SMILES string of the molecule is OC1(C2CCCCC2)CCc2cc(F)ccc21. The van der Waals surface area contributed by atoms with Crippen molar-refractivity contribution >= 4 is 0 Å². The van der Waals surface area contributed by atoms with E-state index in [-0.39, 0.29) is 5.82 Å². The minimum Gasteiger partial charge on any atom is -0.385 e. The van der Waals surface area contributed by atoms with Gasteiger partial charge < -0.3 is 5.11 Å². The van der Waals surface area contributed by atoms with Gasteiger partial charge in [0.05, 0.1) is 5.60 Å². The van der Waals surface area contributed by atoms with E-state index < -0.39 is 5.60 Å². The highest BCUT2D eigenvalue weighted by Gasteiger charge is 2.43. The average molecular weight is 234 g/mol. The molecule has 0 aromatic heterocycles. The summed E-state index contributed by atoms with van der Waals surface area (Å²) in [4.78, 5) is 0. The molecule has 1 saturated carbocycles. The van der Waals surface area contributed by atoms with E-state index in [0.29, 0.717) is 5.92 Å². The van der Waals surface area contributed by atoms with Crippen molar-refractivity contribution in [2.45, 2.75) is 50.5 Å². The highest BCUT2D eigenvalue weighted by atomic mass is 19.1. The van der Waals surface area contributed by atoms with Crippen molar-refractivity contribution in [3.8, 4) is 0 Å². The number of aryl methyl sites for hydroxylation is 1. The van der Waals surface area contributed by atoms with Crippen LogP contribution in [0.1, 0.15) is 49.7 Å². The second-order valence-corrected chi connectivity index (χ2v) is 5.56. The molecular weight excluding hydrogens is 215 g/mol. The van der Waals surface area contributed by atoms with Gasteiger partial charge in [-0.2, -0.15) is 0 Å². The average Bonchev–Trinajstić information content (AvgIpc) is 2.69. The molecule has 0 amide bonds. The first-order valence-corrected chi connectivity index (χ1v) is 6.71. The van der Waals surface area contributed by atoms with Crippen molar-refractivity contribution in [3.63, 3.8) is 0 Å². The number of aliphatic hydroxyl groups is 1. The maximum absolute atomic E-state index is 13.2. The number of benzene rings is 1. The van der Waals surface area contributed by atoms with E-state index >= 15 is 0 Å². The van der Waals surface area contributed by atoms with Crippen LogP contribution in [0.25, 0.3) is 0 Å². The Balaban J connectivity index is 1.95. The summed E-state index contributed by atoms with van der Waals surface area (Å²) >= 11 is 0. The quantitative estimate of drug-likeness (QED) is 0.788. The van der Waals surface area contributed by atoms with Crippen LogP contribution in [0.5, 0.6) is 0 Å². The van der Waals surface area contributed by atoms with E-state index in [0.717, 1.165) is 36.8 Å². The van der Waals surface area contributed by atoms with Crippen LogP contribution in [-0.4, -0.2) is 5.11 Å². The second kappa shape index (κ2) is 4.09. The van der Waals surface area contributed by atoms with Crippen molar-refractivity contribution in [3.05, 3.63) is 35.1 Å². The predicted molar refractivity (Wildman–Crippen MR) is 65.2 cm³/mol. The minimum absolute atomic E-state index is 0.184. The van der Waals surface area contributed by atoms with E-state index in [9.17, 15) is 9.50 Å². The Labute approximate surface area is 102 Å². The van der Waals surface area contributed by atoms with Gasteiger partial charge in [-0.3, -0.25) is 0 Å². The van der Waals surface area contributed by atoms with Gasteiger partial charge in [-0.1, -0.05) is 25.3 Å². The van der Waals surface area contributed by atoms with E-state index in [2.05, 4.69) is 0 Å². The first-order valence-electron chi connectivity index (χ1n) is 6.71. The summed E-state index contributed by atoms with van der Waals surface area (Å²) in [5.74, 6) is 0.194. The van der Waals surface area contributed by atoms with Gasteiger partial charge in [-0.25, -0.2) is 4.39 Å². The lowest BCUT2D eigenvalue weighted by atomic mass is 9.74. The Morgan fingerprint density at radius 2 is 1.94 bits per heavy atom. The summed E-state index contributed by atoms with van der Waals surface area (Å²) in [6.45, 7) is 0. The summed E-state index contributed by atoms with van der Waals surface area (Å²) in [5, 5.41) is 10.9. The predicted octanol–water partition coefficient (Wildman–Crippen LogP) is 3.54. The highest BCUT2D eigenvalue weighted by molar-refractivity contribution is 5.38. The molecule has 3 rings (SSSR count). The van der Waals surface area contributed by atoms with Crippen LogP contribution in [0.2, 0.25) is 0 Å². The number of hydrogen-bond acceptors (Lipinski definition) is 1. The maximum atomic E-state index is 13.2. The zero-order chi connectivity index (χ0) is 11.9. The van der Waals surface area contributed by atoms with E-state index in [1.807, 2.05) is 0 Å². The lowest BCUT2D eigenvalue weighted by Crippen LogP contribution is -2.34. The zero-order valence-electron chi connectivity index (χ0n) is 10.1. The molecule has 0 heterocycles. The van der Waals surface area contributed by atoms with Crippen molar-refractivity contribution in [2.75, 3.05) is 0 Å². The molecule has 1 unspecified atom stereocenters. The van der Waals surface area contributed by atoms with Crippen LogP contribution in [0.4, 0.5) is 4.39 Å². The topological polar surface area (TPSA) is 20.2 Å². The first kappa shape index (κ1) is 11.2. The minimum atomic E-state index is -0.677. The monoisotopic (exact) mass is 234 g/mol. The molecule has 0 bridgehead atoms. The third-order valence-electron chi connectivity index (χ3n) is 4.59. The smallest absolute Gasteiger partial charge is 0.123 e. The standard InChI is InChI=1S/C15H19FO/c16-13-6-7-14-11(10-13)8-9-15(14,17)12-4-2-1-3-5-12/h6-7,10,12,17H,1-5,8-9H2. The molecule has 2 aliphatic rings. The fourth-order valence-corrected chi connectivity index (χ4v) is 3.66. The summed E-state index contributed by atoms with van der Waals surface area (Å²) in [7, 11) is 0. The molecule has 2 heteroatoms. The van der Waals surface area contributed by atoms with Gasteiger partial charge in [-0.05, 0) is 54.9 Å². The largest absolute Gasteiger partial charge is 0.385 e. The third-order valence-corrected chi connectivity index (χ3v) is 4.59. The van der Waals surface area contributed by atoms with Crippen molar-refractivity contribution in [1.82, 2.24) is 0 Å². The van der Waals surface area contributed by atoms with Crippen LogP contribution in [0, 0.1) is 11.7 Å². The molecule has 0 radical (unpaired) electrons. The summed E-state index contributed by atoms with van der Waals surface area (Å²) in [5.41, 5.74) is 1.33. The van der Waals surface area contributed by atoms with Crippen LogP contribution < -0.4 is 0 Å². The van der Waals surface area contributed by atoms with E-state index in [1.165, 1.54) is 25.3 Å². The molecule has 92 valence electrons. The molecule has 1 fully saturated rings. The highest BCUT2D eigenvalue weighted by Crippen LogP contribution is 2.47. The van der Waals surface area contributed by atoms with Crippen molar-refractivity contribution in [2.24, 2.45) is 5.92 Å². The normalized spacial score (nSPS) is 29.3. The molecule has 1 nitrogen and oxygen atoms in total. The van der Waals surface area contributed by atoms with Gasteiger partial charge in [0.1, 0.15) is 5.82 Å². The van der Waals surface area contributed by atoms with Gasteiger partial charge in [-0.15, -0.1) is 0 Å². The Hall–Kier alpha value is -0.890. The Bertz CT molecular complexity index is 423. The molecule has 0 saturated heterocycles. The molecule has 2 aliphatic carbocycles. The molecule has 1 atom stereocenters. The fourth-order valence-electron chi connectivity index (χ4n) is 3.66. The summed E-state index contributed by atoms with van der Waals surface area (Å²) in [6, 6.07) is 4.88. The van der Waals surface area contributed by atoms with Gasteiger partial charge in [0.15, 0.2) is 0 Å². The van der Waals surface area contributed by atoms with Gasteiger partial charge >= 0.3 is 0 Å². The third kappa shape index (κ3) is 1.79. The van der Waals surface area contributed by atoms with Gasteiger partial charge in [0.25, 0.3) is 0 Å². The van der Waals surface area contributed by atoms with Crippen molar-refractivity contribution in [1.29, 1.82) is 0 Å². The van der Waals surface area contributed by atoms with Crippen LogP contribution >= 0.6 is 0 Å². The molecule has 0 aliphatic heterocycles. The number of hydrogen-bond donors (Lipinski definition) is 1. The summed E-state index contributed by atoms with van der Waals surface area (Å²) < 4.78 is 13.2. The zero-order valence-corrected chi connectivity index (χ0v) is 10.1. The molecule has 17 heavy (non-hydrogen) atoms. The number of rotatable bonds is 1. The van der Waals surface area contributed by atoms with Crippen molar-refractivity contribution < 1.29 is 9.50 Å². The Morgan fingerprint density at radius 1 is 1.18 bits per heavy atom. The maximum Gasteiger partial charge on any atom is 0.123 e. The van der Waals surface area contributed by atoms with E-state index in [1.54, 1.807) is 12.1 Å². The molecule has 1 N–H and O–H groups in total. The lowest BCUT2D eigenvalue weighted by Gasteiger charge is -2.36. The van der Waals surface area contributed by atoms with Gasteiger partial charge in [0, 0.05) is 0 Å². The van der Waals surface area contributed by atoms with Crippen LogP contribution in [-0.2, 0) is 12.0 Å². The Kier molecular flexibility index (Phi) is 2.70. The molecular formula is C15H19FO. The number of fused-ring (bicyclic) bond motifs is 1. The molecule has 0 spiro atoms. The fraction of sp³-hybridized carbons (Fsp3) is 0.600. The lowest BCUT2D eigenvalue weighted by molar-refractivity contribution is -0.0369. The van der Waals surface area contributed by atoms with E-state index in [4.69, 9.17) is 0 Å². The van der Waals surface area contributed by atoms with Gasteiger partial charge in [0.2, 0.25) is 0 Å². The Morgan fingerprint density at radius 3 is 2.71 bits per heavy atom. The number of halogens is 1. The summed E-state index contributed by atoms with van der Waals surface area (Å²) in [6.07, 6.45) is 7.58. The second-order valence-electron chi connectivity index (χ2n) is 5.56. The molecule has 1 aromatic carbocycles. The molecule has 1 aromatic rings. The first-order chi connectivity index (χ1) is 8.20.